The first-order valence-corrected chi connectivity index (χ1v) is 3.88. The zero-order chi connectivity index (χ0) is 10.8. The number of alkyl halides is 4. The summed E-state index contributed by atoms with van der Waals surface area (Å²) in [7, 11) is 0. The maximum atomic E-state index is 9.44. The Morgan fingerprint density at radius 1 is 1.08 bits per heavy atom. The van der Waals surface area contributed by atoms with Crippen molar-refractivity contribution < 1.29 is 14.4 Å². The number of hydrogen-bond donors (Lipinski definition) is 0. The molecule has 0 aliphatic rings. The molecule has 0 amide bonds. The standard InChI is InChI=1S/C3H6O.CCl4.CO2/c1-3(2)4;2-1(3,4)5;2-1-3/h1-2H3;;. The van der Waals surface area contributed by atoms with E-state index in [0.717, 1.165) is 0 Å². The molecule has 0 unspecified atom stereocenters. The molecule has 0 radical (unpaired) electrons. The van der Waals surface area contributed by atoms with Crippen LogP contribution in [-0.2, 0) is 14.4 Å². The van der Waals surface area contributed by atoms with Gasteiger partial charge in [-0.15, -0.1) is 0 Å². The second-order valence-electron chi connectivity index (χ2n) is 1.42. The molecule has 0 aromatic heterocycles. The van der Waals surface area contributed by atoms with E-state index >= 15 is 0 Å². The van der Waals surface area contributed by atoms with E-state index in [9.17, 15) is 4.79 Å². The Morgan fingerprint density at radius 3 is 1.08 bits per heavy atom. The highest BCUT2D eigenvalue weighted by atomic mass is 35.6. The summed E-state index contributed by atoms with van der Waals surface area (Å²) in [5.41, 5.74) is 0. The first-order chi connectivity index (χ1) is 5.15. The van der Waals surface area contributed by atoms with Crippen LogP contribution in [0.4, 0.5) is 0 Å². The molecule has 0 aromatic carbocycles. The van der Waals surface area contributed by atoms with Crippen LogP contribution in [0.5, 0.6) is 0 Å². The van der Waals surface area contributed by atoms with Gasteiger partial charge in [-0.1, -0.05) is 46.4 Å². The van der Waals surface area contributed by atoms with Crippen LogP contribution >= 0.6 is 46.4 Å². The minimum Gasteiger partial charge on any atom is -0.300 e. The topological polar surface area (TPSA) is 51.2 Å². The molecule has 0 atom stereocenters. The zero-order valence-electron chi connectivity index (χ0n) is 6.24. The summed E-state index contributed by atoms with van der Waals surface area (Å²) in [4.78, 5) is 25.7. The van der Waals surface area contributed by atoms with E-state index in [1.165, 1.54) is 13.8 Å². The van der Waals surface area contributed by atoms with Gasteiger partial charge < -0.3 is 4.79 Å². The zero-order valence-corrected chi connectivity index (χ0v) is 9.26. The third-order valence-electron chi connectivity index (χ3n) is 0. The van der Waals surface area contributed by atoms with Crippen molar-refractivity contribution in [2.45, 2.75) is 17.1 Å². The normalized spacial score (nSPS) is 7.83. The number of carbonyl (C=O) groups is 1. The average Bonchev–Trinajstić information content (AvgIpc) is 1.56. The summed E-state index contributed by atoms with van der Waals surface area (Å²) >= 11 is 19.3. The van der Waals surface area contributed by atoms with Crippen molar-refractivity contribution in [3.8, 4) is 0 Å². The van der Waals surface area contributed by atoms with E-state index in [2.05, 4.69) is 0 Å². The van der Waals surface area contributed by atoms with Crippen LogP contribution in [0.25, 0.3) is 0 Å². The molecule has 0 saturated heterocycles. The molecule has 0 saturated carbocycles. The molecule has 0 fully saturated rings. The molecule has 0 aromatic rings. The summed E-state index contributed by atoms with van der Waals surface area (Å²) < 4.78 is -1.61. The summed E-state index contributed by atoms with van der Waals surface area (Å²) in [6.07, 6.45) is 0.250. The van der Waals surface area contributed by atoms with Crippen molar-refractivity contribution >= 4 is 58.3 Å². The lowest BCUT2D eigenvalue weighted by Gasteiger charge is -1.91. The van der Waals surface area contributed by atoms with Crippen LogP contribution in [-0.4, -0.2) is 15.2 Å². The van der Waals surface area contributed by atoms with Crippen LogP contribution in [0.1, 0.15) is 13.8 Å². The van der Waals surface area contributed by atoms with E-state index in [-0.39, 0.29) is 11.9 Å². The Morgan fingerprint density at radius 2 is 1.08 bits per heavy atom. The number of Topliss-reactive ketones (excluding diaryl/α,β-unsaturated/α-hetero) is 1. The minimum atomic E-state index is -1.61. The van der Waals surface area contributed by atoms with Gasteiger partial charge in [-0.05, 0) is 13.8 Å². The summed E-state index contributed by atoms with van der Waals surface area (Å²) in [6, 6.07) is 0. The molecule has 0 N–H and O–H groups in total. The van der Waals surface area contributed by atoms with Gasteiger partial charge in [-0.3, -0.25) is 0 Å². The van der Waals surface area contributed by atoms with E-state index in [4.69, 9.17) is 56.0 Å². The van der Waals surface area contributed by atoms with E-state index in [1.807, 2.05) is 0 Å². The quantitative estimate of drug-likeness (QED) is 0.625. The largest absolute Gasteiger partial charge is 0.373 e. The van der Waals surface area contributed by atoms with Gasteiger partial charge in [0.25, 0.3) is 3.25 Å². The first-order valence-electron chi connectivity index (χ1n) is 2.37. The third kappa shape index (κ3) is 19600. The molecular formula is C5H6Cl4O3. The fourth-order valence-electron chi connectivity index (χ4n) is 0. The average molecular weight is 256 g/mol. The van der Waals surface area contributed by atoms with Gasteiger partial charge in [-0.2, -0.15) is 9.59 Å². The maximum Gasteiger partial charge on any atom is 0.373 e. The monoisotopic (exact) mass is 254 g/mol. The molecule has 0 bridgehead atoms. The molecule has 7 heteroatoms. The molecule has 0 heterocycles. The number of ketones is 1. The Balaban J connectivity index is -0.000000105. The fraction of sp³-hybridized carbons (Fsp3) is 0.600. The van der Waals surface area contributed by atoms with Crippen LogP contribution in [0, 0.1) is 0 Å². The van der Waals surface area contributed by atoms with Gasteiger partial charge in [0.1, 0.15) is 5.78 Å². The Hall–Kier alpha value is 0.210. The SMILES string of the molecule is CC(C)=O.ClC(Cl)(Cl)Cl.O=C=O. The van der Waals surface area contributed by atoms with Gasteiger partial charge in [0.15, 0.2) is 0 Å². The van der Waals surface area contributed by atoms with Crippen molar-refractivity contribution in [3.63, 3.8) is 0 Å². The lowest BCUT2D eigenvalue weighted by atomic mass is 10.6. The highest BCUT2D eigenvalue weighted by Gasteiger charge is 2.11. The van der Waals surface area contributed by atoms with Crippen LogP contribution in [0.15, 0.2) is 0 Å². The second-order valence-corrected chi connectivity index (χ2v) is 4.85. The molecule has 0 rings (SSSR count). The Bertz CT molecular complexity index is 135. The van der Waals surface area contributed by atoms with E-state index in [0.29, 0.717) is 0 Å². The predicted molar refractivity (Wildman–Crippen MR) is 47.5 cm³/mol. The highest BCUT2D eigenvalue weighted by Crippen LogP contribution is 2.29. The lowest BCUT2D eigenvalue weighted by Crippen LogP contribution is -1.81. The molecule has 0 aliphatic heterocycles. The summed E-state index contributed by atoms with van der Waals surface area (Å²) in [6.45, 7) is 3.06. The van der Waals surface area contributed by atoms with E-state index < -0.39 is 3.25 Å². The lowest BCUT2D eigenvalue weighted by molar-refractivity contribution is -0.191. The minimum absolute atomic E-state index is 0.167. The first kappa shape index (κ1) is 18.1. The van der Waals surface area contributed by atoms with Gasteiger partial charge in [0, 0.05) is 0 Å². The number of hydrogen-bond acceptors (Lipinski definition) is 3. The third-order valence-corrected chi connectivity index (χ3v) is 0. The highest BCUT2D eigenvalue weighted by molar-refractivity contribution is 6.83. The van der Waals surface area contributed by atoms with Crippen molar-refractivity contribution in [1.82, 2.24) is 0 Å². The Labute approximate surface area is 89.9 Å². The number of carbonyl (C=O) groups excluding carboxylic acids is 3. The van der Waals surface area contributed by atoms with Crippen molar-refractivity contribution in [1.29, 1.82) is 0 Å². The summed E-state index contributed by atoms with van der Waals surface area (Å²) in [5, 5.41) is 0. The second kappa shape index (κ2) is 11.2. The molecular weight excluding hydrogens is 250 g/mol. The molecule has 3 nitrogen and oxygen atoms in total. The van der Waals surface area contributed by atoms with Crippen LogP contribution < -0.4 is 0 Å². The van der Waals surface area contributed by atoms with Crippen LogP contribution in [0.2, 0.25) is 0 Å². The van der Waals surface area contributed by atoms with Crippen molar-refractivity contribution in [2.75, 3.05) is 0 Å². The number of halogens is 4. The predicted octanol–water partition coefficient (Wildman–Crippen LogP) is 2.56. The van der Waals surface area contributed by atoms with E-state index in [1.54, 1.807) is 0 Å². The molecule has 72 valence electrons. The van der Waals surface area contributed by atoms with Gasteiger partial charge in [-0.25, -0.2) is 0 Å². The molecule has 12 heavy (non-hydrogen) atoms. The summed E-state index contributed by atoms with van der Waals surface area (Å²) in [5.74, 6) is 0.167. The van der Waals surface area contributed by atoms with Gasteiger partial charge in [0.2, 0.25) is 0 Å². The molecule has 0 aliphatic carbocycles. The maximum absolute atomic E-state index is 9.44. The number of rotatable bonds is 0. The Kier molecular flexibility index (Phi) is 16.9. The van der Waals surface area contributed by atoms with Crippen molar-refractivity contribution in [2.24, 2.45) is 0 Å². The molecule has 0 spiro atoms. The van der Waals surface area contributed by atoms with Crippen molar-refractivity contribution in [3.05, 3.63) is 0 Å². The van der Waals surface area contributed by atoms with Crippen LogP contribution in [0.3, 0.4) is 0 Å². The van der Waals surface area contributed by atoms with Gasteiger partial charge >= 0.3 is 6.15 Å². The fourth-order valence-corrected chi connectivity index (χ4v) is 0. The van der Waals surface area contributed by atoms with Gasteiger partial charge in [0.05, 0.1) is 0 Å². The smallest absolute Gasteiger partial charge is 0.300 e.